The lowest BCUT2D eigenvalue weighted by Crippen LogP contribution is -2.30. The Morgan fingerprint density at radius 2 is 1.44 bits per heavy atom. The molecular formula is C23H23ClN8. The van der Waals surface area contributed by atoms with E-state index in [4.69, 9.17) is 11.6 Å². The maximum absolute atomic E-state index is 6.84. The van der Waals surface area contributed by atoms with Crippen molar-refractivity contribution in [1.82, 2.24) is 21.5 Å². The molecule has 32 heavy (non-hydrogen) atoms. The van der Waals surface area contributed by atoms with Gasteiger partial charge in [-0.15, -0.1) is 0 Å². The van der Waals surface area contributed by atoms with Crippen molar-refractivity contribution in [2.24, 2.45) is 20.2 Å². The number of hydrazone groups is 2. The van der Waals surface area contributed by atoms with Gasteiger partial charge in [-0.2, -0.15) is 10.2 Å². The molecule has 4 N–H and O–H groups in total. The fourth-order valence-electron chi connectivity index (χ4n) is 3.94. The van der Waals surface area contributed by atoms with Crippen LogP contribution in [0, 0.1) is 6.92 Å². The Labute approximate surface area is 190 Å². The predicted octanol–water partition coefficient (Wildman–Crippen LogP) is 2.72. The number of hydrogen-bond acceptors (Lipinski definition) is 8. The van der Waals surface area contributed by atoms with Gasteiger partial charge in [0.25, 0.3) is 0 Å². The van der Waals surface area contributed by atoms with Crippen LogP contribution in [0.5, 0.6) is 0 Å². The highest BCUT2D eigenvalue weighted by molar-refractivity contribution is 6.39. The van der Waals surface area contributed by atoms with Gasteiger partial charge in [0.2, 0.25) is 11.9 Å². The summed E-state index contributed by atoms with van der Waals surface area (Å²) in [6.45, 7) is 5.15. The fourth-order valence-corrected chi connectivity index (χ4v) is 4.20. The van der Waals surface area contributed by atoms with Gasteiger partial charge in [0, 0.05) is 29.6 Å². The third-order valence-corrected chi connectivity index (χ3v) is 5.97. The van der Waals surface area contributed by atoms with E-state index in [0.717, 1.165) is 64.4 Å². The molecule has 8 nitrogen and oxygen atoms in total. The Balaban J connectivity index is 1.66. The van der Waals surface area contributed by atoms with Crippen molar-refractivity contribution >= 4 is 57.5 Å². The highest BCUT2D eigenvalue weighted by Gasteiger charge is 2.16. The summed E-state index contributed by atoms with van der Waals surface area (Å²) in [4.78, 5) is 8.64. The summed E-state index contributed by atoms with van der Waals surface area (Å²) in [5.74, 6) is 1.36. The average molecular weight is 447 g/mol. The number of nitrogens with one attached hydrogen (secondary N) is 4. The van der Waals surface area contributed by atoms with Crippen LogP contribution in [0.25, 0.3) is 21.5 Å². The zero-order chi connectivity index (χ0) is 21.9. The summed E-state index contributed by atoms with van der Waals surface area (Å²) in [6.07, 6.45) is 3.64. The van der Waals surface area contributed by atoms with Gasteiger partial charge < -0.3 is 10.6 Å². The Morgan fingerprint density at radius 3 is 2.03 bits per heavy atom. The molecule has 0 radical (unpaired) electrons. The van der Waals surface area contributed by atoms with Gasteiger partial charge in [0.15, 0.2) is 0 Å². The molecular weight excluding hydrogens is 424 g/mol. The summed E-state index contributed by atoms with van der Waals surface area (Å²) in [6, 6.07) is 12.3. The number of aryl methyl sites for hydroxylation is 1. The monoisotopic (exact) mass is 446 g/mol. The SMILES string of the molecule is Cc1ccc2c(/C=N/NC3=NCCN3)c3ccccc3c(/C=N/NC3=NCCN3)c2c1Cl. The maximum atomic E-state index is 6.84. The summed E-state index contributed by atoms with van der Waals surface area (Å²) >= 11 is 6.84. The van der Waals surface area contributed by atoms with E-state index in [9.17, 15) is 0 Å². The summed E-state index contributed by atoms with van der Waals surface area (Å²) in [5.41, 5.74) is 8.90. The number of fused-ring (bicyclic) bond motifs is 2. The standard InChI is InChI=1S/C23H23ClN8/c1-14-6-7-17-18(12-29-31-22-25-8-9-26-22)15-4-2-3-5-16(15)19(20(17)21(14)24)13-30-32-23-27-10-11-28-23/h2-7,12-13H,8-11H2,1H3,(H2,25,26,31)(H2,27,28,32)/b29-12+,30-13+. The van der Waals surface area contributed by atoms with Crippen molar-refractivity contribution < 1.29 is 0 Å². The highest BCUT2D eigenvalue weighted by Crippen LogP contribution is 2.36. The van der Waals surface area contributed by atoms with Crippen LogP contribution in [-0.2, 0) is 0 Å². The van der Waals surface area contributed by atoms with Gasteiger partial charge in [-0.25, -0.2) is 20.8 Å². The molecule has 0 saturated heterocycles. The molecule has 2 aliphatic heterocycles. The number of rotatable bonds is 4. The topological polar surface area (TPSA) is 97.6 Å². The van der Waals surface area contributed by atoms with Crippen molar-refractivity contribution in [2.75, 3.05) is 26.2 Å². The zero-order valence-electron chi connectivity index (χ0n) is 17.6. The predicted molar refractivity (Wildman–Crippen MR) is 133 cm³/mol. The van der Waals surface area contributed by atoms with Crippen LogP contribution in [0.4, 0.5) is 0 Å². The molecule has 0 amide bonds. The number of guanidine groups is 2. The lowest BCUT2D eigenvalue weighted by molar-refractivity contribution is 0.920. The minimum absolute atomic E-state index is 0.676. The first-order chi connectivity index (χ1) is 15.7. The van der Waals surface area contributed by atoms with Gasteiger partial charge in [0.1, 0.15) is 0 Å². The molecule has 0 spiro atoms. The second-order valence-electron chi connectivity index (χ2n) is 7.55. The molecule has 0 unspecified atom stereocenters. The van der Waals surface area contributed by atoms with E-state index >= 15 is 0 Å². The molecule has 2 aliphatic rings. The second-order valence-corrected chi connectivity index (χ2v) is 7.92. The van der Waals surface area contributed by atoms with Crippen LogP contribution in [-0.4, -0.2) is 50.5 Å². The van der Waals surface area contributed by atoms with Crippen LogP contribution in [0.15, 0.2) is 56.6 Å². The van der Waals surface area contributed by atoms with Gasteiger partial charge in [-0.05, 0) is 28.6 Å². The molecule has 3 aromatic rings. The lowest BCUT2D eigenvalue weighted by Gasteiger charge is -2.15. The molecule has 0 saturated carbocycles. The van der Waals surface area contributed by atoms with Crippen molar-refractivity contribution in [2.45, 2.75) is 6.92 Å². The second kappa shape index (κ2) is 8.84. The third-order valence-electron chi connectivity index (χ3n) is 5.48. The third kappa shape index (κ3) is 3.85. The Hall–Kier alpha value is -3.65. The van der Waals surface area contributed by atoms with E-state index in [1.54, 1.807) is 0 Å². The Bertz CT molecular complexity index is 1310. The van der Waals surface area contributed by atoms with Crippen molar-refractivity contribution in [1.29, 1.82) is 0 Å². The largest absolute Gasteiger partial charge is 0.353 e. The van der Waals surface area contributed by atoms with Gasteiger partial charge in [-0.3, -0.25) is 0 Å². The van der Waals surface area contributed by atoms with E-state index in [1.807, 2.05) is 37.6 Å². The summed E-state index contributed by atoms with van der Waals surface area (Å²) < 4.78 is 0. The van der Waals surface area contributed by atoms with Gasteiger partial charge in [0.05, 0.1) is 30.5 Å². The molecule has 9 heteroatoms. The highest BCUT2D eigenvalue weighted by atomic mass is 35.5. The van der Waals surface area contributed by atoms with E-state index in [1.165, 1.54) is 0 Å². The number of hydrogen-bond donors (Lipinski definition) is 4. The fraction of sp³-hybridized carbons (Fsp3) is 0.217. The molecule has 162 valence electrons. The van der Waals surface area contributed by atoms with Gasteiger partial charge in [-0.1, -0.05) is 48.0 Å². The van der Waals surface area contributed by atoms with E-state index in [0.29, 0.717) is 16.9 Å². The number of aliphatic imine (C=N–C) groups is 2. The Morgan fingerprint density at radius 1 is 0.844 bits per heavy atom. The Kier molecular flexibility index (Phi) is 5.60. The minimum atomic E-state index is 0.676. The van der Waals surface area contributed by atoms with E-state index in [-0.39, 0.29) is 0 Å². The maximum Gasteiger partial charge on any atom is 0.212 e. The smallest absolute Gasteiger partial charge is 0.212 e. The zero-order valence-corrected chi connectivity index (χ0v) is 18.4. The molecule has 5 rings (SSSR count). The molecule has 0 aliphatic carbocycles. The van der Waals surface area contributed by atoms with Crippen molar-refractivity contribution in [3.8, 4) is 0 Å². The minimum Gasteiger partial charge on any atom is -0.353 e. The van der Waals surface area contributed by atoms with E-state index in [2.05, 4.69) is 59.9 Å². The van der Waals surface area contributed by atoms with E-state index < -0.39 is 0 Å². The van der Waals surface area contributed by atoms with Crippen LogP contribution in [0.3, 0.4) is 0 Å². The van der Waals surface area contributed by atoms with Crippen LogP contribution in [0.1, 0.15) is 16.7 Å². The number of nitrogens with zero attached hydrogens (tertiary/aromatic N) is 4. The summed E-state index contributed by atoms with van der Waals surface area (Å²) in [7, 11) is 0. The quantitative estimate of drug-likeness (QED) is 0.281. The van der Waals surface area contributed by atoms with Crippen LogP contribution >= 0.6 is 11.6 Å². The van der Waals surface area contributed by atoms with Crippen molar-refractivity contribution in [3.63, 3.8) is 0 Å². The molecule has 2 heterocycles. The number of benzene rings is 3. The molecule has 0 bridgehead atoms. The first kappa shape index (κ1) is 20.3. The lowest BCUT2D eigenvalue weighted by atomic mass is 9.91. The van der Waals surface area contributed by atoms with Gasteiger partial charge >= 0.3 is 0 Å². The first-order valence-electron chi connectivity index (χ1n) is 10.5. The normalized spacial score (nSPS) is 15.9. The van der Waals surface area contributed by atoms with Crippen LogP contribution in [0.2, 0.25) is 5.02 Å². The molecule has 0 fully saturated rings. The van der Waals surface area contributed by atoms with Crippen molar-refractivity contribution in [3.05, 3.63) is 58.1 Å². The first-order valence-corrected chi connectivity index (χ1v) is 10.9. The summed E-state index contributed by atoms with van der Waals surface area (Å²) in [5, 5.41) is 19.9. The average Bonchev–Trinajstić information content (AvgIpc) is 3.52. The molecule has 0 aromatic heterocycles. The molecule has 3 aromatic carbocycles. The molecule has 0 atom stereocenters. The van der Waals surface area contributed by atoms with Crippen LogP contribution < -0.4 is 21.5 Å². The number of halogens is 1.